The molecule has 0 aliphatic carbocycles. The highest BCUT2D eigenvalue weighted by molar-refractivity contribution is 5.78. The number of hydrogen-bond acceptors (Lipinski definition) is 2. The van der Waals surface area contributed by atoms with Crippen LogP contribution in [0.5, 0.6) is 0 Å². The Bertz CT molecular complexity index is 458. The van der Waals surface area contributed by atoms with Gasteiger partial charge in [0.25, 0.3) is 0 Å². The van der Waals surface area contributed by atoms with Crippen molar-refractivity contribution in [3.63, 3.8) is 0 Å². The topological polar surface area (TPSA) is 23.6 Å². The van der Waals surface area contributed by atoms with Crippen molar-refractivity contribution in [1.82, 2.24) is 9.80 Å². The molecular weight excluding hydrogens is 255 g/mol. The van der Waals surface area contributed by atoms with Crippen LogP contribution in [0.2, 0.25) is 0 Å². The van der Waals surface area contributed by atoms with Gasteiger partial charge in [0.05, 0.1) is 6.42 Å². The minimum atomic E-state index is -0.264. The molecule has 20 heavy (non-hydrogen) atoms. The number of carbonyl (C=O) groups is 1. The van der Waals surface area contributed by atoms with Crippen LogP contribution >= 0.6 is 0 Å². The summed E-state index contributed by atoms with van der Waals surface area (Å²) < 4.78 is 12.8. The van der Waals surface area contributed by atoms with Gasteiger partial charge < -0.3 is 4.90 Å². The van der Waals surface area contributed by atoms with E-state index in [1.165, 1.54) is 12.1 Å². The lowest BCUT2D eigenvalue weighted by Gasteiger charge is -2.42. The van der Waals surface area contributed by atoms with Crippen LogP contribution < -0.4 is 0 Å². The van der Waals surface area contributed by atoms with Crippen LogP contribution in [0.25, 0.3) is 0 Å². The van der Waals surface area contributed by atoms with Crippen LogP contribution in [0.4, 0.5) is 4.39 Å². The number of nitrogens with zero attached hydrogens (tertiary/aromatic N) is 2. The van der Waals surface area contributed by atoms with Gasteiger partial charge in [-0.2, -0.15) is 0 Å². The van der Waals surface area contributed by atoms with E-state index in [0.717, 1.165) is 25.2 Å². The molecule has 2 rings (SSSR count). The van der Waals surface area contributed by atoms with Crippen LogP contribution in [-0.2, 0) is 11.2 Å². The quantitative estimate of drug-likeness (QED) is 0.847. The molecule has 1 aliphatic heterocycles. The SMILES string of the molecule is CC(C)N1CCN(C(=O)Cc2ccc(F)cc2)CC1C. The average Bonchev–Trinajstić information content (AvgIpc) is 2.40. The van der Waals surface area contributed by atoms with E-state index in [4.69, 9.17) is 0 Å². The number of halogens is 1. The highest BCUT2D eigenvalue weighted by Gasteiger charge is 2.27. The van der Waals surface area contributed by atoms with E-state index in [0.29, 0.717) is 18.5 Å². The summed E-state index contributed by atoms with van der Waals surface area (Å²) in [7, 11) is 0. The summed E-state index contributed by atoms with van der Waals surface area (Å²) in [4.78, 5) is 16.6. The van der Waals surface area contributed by atoms with Gasteiger partial charge in [-0.05, 0) is 38.5 Å². The van der Waals surface area contributed by atoms with Crippen molar-refractivity contribution >= 4 is 5.91 Å². The Labute approximate surface area is 120 Å². The van der Waals surface area contributed by atoms with Crippen molar-refractivity contribution in [1.29, 1.82) is 0 Å². The molecule has 0 spiro atoms. The van der Waals surface area contributed by atoms with Crippen LogP contribution in [0, 0.1) is 5.82 Å². The predicted molar refractivity (Wildman–Crippen MR) is 78.0 cm³/mol. The first-order chi connectivity index (χ1) is 9.47. The van der Waals surface area contributed by atoms with Gasteiger partial charge in [-0.3, -0.25) is 9.69 Å². The Morgan fingerprint density at radius 2 is 1.95 bits per heavy atom. The Hall–Kier alpha value is -1.42. The van der Waals surface area contributed by atoms with Crippen molar-refractivity contribution in [2.45, 2.75) is 39.3 Å². The van der Waals surface area contributed by atoms with Gasteiger partial charge in [0, 0.05) is 31.7 Å². The third-order valence-corrected chi connectivity index (χ3v) is 3.96. The van der Waals surface area contributed by atoms with Gasteiger partial charge in [-0.1, -0.05) is 12.1 Å². The Kier molecular flexibility index (Phi) is 4.76. The van der Waals surface area contributed by atoms with Crippen LogP contribution in [0.1, 0.15) is 26.3 Å². The first-order valence-corrected chi connectivity index (χ1v) is 7.25. The van der Waals surface area contributed by atoms with Crippen molar-refractivity contribution in [2.75, 3.05) is 19.6 Å². The van der Waals surface area contributed by atoms with E-state index in [2.05, 4.69) is 25.7 Å². The molecule has 1 aromatic rings. The van der Waals surface area contributed by atoms with Crippen molar-refractivity contribution in [3.8, 4) is 0 Å². The first kappa shape index (κ1) is 15.0. The molecule has 1 saturated heterocycles. The summed E-state index contributed by atoms with van der Waals surface area (Å²) in [6, 6.07) is 7.08. The second kappa shape index (κ2) is 6.35. The number of hydrogen-bond donors (Lipinski definition) is 0. The fourth-order valence-corrected chi connectivity index (χ4v) is 2.85. The van der Waals surface area contributed by atoms with Crippen LogP contribution in [0.15, 0.2) is 24.3 Å². The zero-order valence-electron chi connectivity index (χ0n) is 12.5. The summed E-state index contributed by atoms with van der Waals surface area (Å²) >= 11 is 0. The van der Waals surface area contributed by atoms with Gasteiger partial charge in [0.15, 0.2) is 0 Å². The van der Waals surface area contributed by atoms with Crippen LogP contribution in [0.3, 0.4) is 0 Å². The van der Waals surface area contributed by atoms with Gasteiger partial charge in [0.2, 0.25) is 5.91 Å². The molecule has 1 atom stereocenters. The van der Waals surface area contributed by atoms with Crippen LogP contribution in [-0.4, -0.2) is 47.4 Å². The lowest BCUT2D eigenvalue weighted by atomic mass is 10.1. The first-order valence-electron chi connectivity index (χ1n) is 7.25. The molecule has 1 unspecified atom stereocenters. The van der Waals surface area contributed by atoms with Gasteiger partial charge in [0.1, 0.15) is 5.82 Å². The predicted octanol–water partition coefficient (Wildman–Crippen LogP) is 2.31. The zero-order chi connectivity index (χ0) is 14.7. The molecule has 1 aliphatic rings. The number of piperazine rings is 1. The minimum Gasteiger partial charge on any atom is -0.340 e. The molecule has 0 radical (unpaired) electrons. The molecular formula is C16H23FN2O. The van der Waals surface area contributed by atoms with Gasteiger partial charge in [-0.25, -0.2) is 4.39 Å². The molecule has 0 N–H and O–H groups in total. The third kappa shape index (κ3) is 3.57. The maximum atomic E-state index is 12.8. The molecule has 1 fully saturated rings. The third-order valence-electron chi connectivity index (χ3n) is 3.96. The van der Waals surface area contributed by atoms with Gasteiger partial charge >= 0.3 is 0 Å². The molecule has 0 saturated carbocycles. The highest BCUT2D eigenvalue weighted by Crippen LogP contribution is 2.14. The fraction of sp³-hybridized carbons (Fsp3) is 0.562. The highest BCUT2D eigenvalue weighted by atomic mass is 19.1. The number of rotatable bonds is 3. The minimum absolute atomic E-state index is 0.131. The van der Waals surface area contributed by atoms with Crippen molar-refractivity contribution in [3.05, 3.63) is 35.6 Å². The Morgan fingerprint density at radius 1 is 1.30 bits per heavy atom. The summed E-state index contributed by atoms with van der Waals surface area (Å²) in [5, 5.41) is 0. The maximum absolute atomic E-state index is 12.8. The molecule has 4 heteroatoms. The van der Waals surface area contributed by atoms with E-state index in [9.17, 15) is 9.18 Å². The molecule has 1 heterocycles. The van der Waals surface area contributed by atoms with E-state index < -0.39 is 0 Å². The number of amides is 1. The summed E-state index contributed by atoms with van der Waals surface area (Å²) in [5.41, 5.74) is 0.871. The van der Waals surface area contributed by atoms with E-state index in [1.54, 1.807) is 12.1 Å². The zero-order valence-corrected chi connectivity index (χ0v) is 12.5. The summed E-state index contributed by atoms with van der Waals surface area (Å²) in [5.74, 6) is -0.132. The number of carbonyl (C=O) groups excluding carboxylic acids is 1. The van der Waals surface area contributed by atoms with Crippen molar-refractivity contribution < 1.29 is 9.18 Å². The largest absolute Gasteiger partial charge is 0.340 e. The molecule has 3 nitrogen and oxygen atoms in total. The molecule has 0 aromatic heterocycles. The summed E-state index contributed by atoms with van der Waals surface area (Å²) in [6.45, 7) is 9.02. The summed E-state index contributed by atoms with van der Waals surface area (Å²) in [6.07, 6.45) is 0.356. The second-order valence-corrected chi connectivity index (χ2v) is 5.82. The molecule has 110 valence electrons. The Morgan fingerprint density at radius 3 is 2.50 bits per heavy atom. The normalized spacial score (nSPS) is 20.4. The number of benzene rings is 1. The van der Waals surface area contributed by atoms with Crippen molar-refractivity contribution in [2.24, 2.45) is 0 Å². The Balaban J connectivity index is 1.92. The molecule has 1 amide bonds. The molecule has 1 aromatic carbocycles. The van der Waals surface area contributed by atoms with Gasteiger partial charge in [-0.15, -0.1) is 0 Å². The second-order valence-electron chi connectivity index (χ2n) is 5.82. The van der Waals surface area contributed by atoms with E-state index in [-0.39, 0.29) is 11.7 Å². The van der Waals surface area contributed by atoms with E-state index in [1.807, 2.05) is 4.90 Å². The average molecular weight is 278 g/mol. The molecule has 0 bridgehead atoms. The lowest BCUT2D eigenvalue weighted by Crippen LogP contribution is -2.55. The lowest BCUT2D eigenvalue weighted by molar-refractivity contribution is -0.133. The smallest absolute Gasteiger partial charge is 0.227 e. The van der Waals surface area contributed by atoms with E-state index >= 15 is 0 Å². The standard InChI is InChI=1S/C16H23FN2O/c1-12(2)19-9-8-18(11-13(19)3)16(20)10-14-4-6-15(17)7-5-14/h4-7,12-13H,8-11H2,1-3H3. The maximum Gasteiger partial charge on any atom is 0.227 e. The fourth-order valence-electron chi connectivity index (χ4n) is 2.85. The monoisotopic (exact) mass is 278 g/mol.